The van der Waals surface area contributed by atoms with Gasteiger partial charge in [-0.25, -0.2) is 4.79 Å². The van der Waals surface area contributed by atoms with Crippen molar-refractivity contribution in [1.29, 1.82) is 0 Å². The number of fused-ring (bicyclic) bond motifs is 1. The lowest BCUT2D eigenvalue weighted by molar-refractivity contribution is -0.161. The zero-order valence-corrected chi connectivity index (χ0v) is 18.7. The summed E-state index contributed by atoms with van der Waals surface area (Å²) in [6.07, 6.45) is 4.22. The van der Waals surface area contributed by atoms with Crippen LogP contribution in [0.2, 0.25) is 0 Å². The highest BCUT2D eigenvalue weighted by Crippen LogP contribution is 2.37. The topological polar surface area (TPSA) is 68.5 Å². The van der Waals surface area contributed by atoms with Crippen LogP contribution in [0.25, 0.3) is 21.9 Å². The molecule has 5 heteroatoms. The maximum atomic E-state index is 13.3. The molecule has 3 aromatic rings. The Hall–Kier alpha value is -3.36. The molecule has 0 fully saturated rings. The summed E-state index contributed by atoms with van der Waals surface area (Å²) in [7, 11) is 1.58. The van der Waals surface area contributed by atoms with E-state index in [1.165, 1.54) is 4.57 Å². The van der Waals surface area contributed by atoms with Gasteiger partial charge < -0.3 is 14.4 Å². The third-order valence-electron chi connectivity index (χ3n) is 5.35. The Balaban J connectivity index is 2.52. The van der Waals surface area contributed by atoms with Crippen LogP contribution in [0.1, 0.15) is 49.3 Å². The number of carboxylic acid groups (broad SMARTS) is 1. The summed E-state index contributed by atoms with van der Waals surface area (Å²) in [6.45, 7) is 9.38. The average Bonchev–Trinajstić information content (AvgIpc) is 2.70. The first-order valence-corrected chi connectivity index (χ1v) is 10.1. The molecule has 0 saturated carbocycles. The van der Waals surface area contributed by atoms with E-state index in [2.05, 4.69) is 5.92 Å². The predicted octanol–water partition coefficient (Wildman–Crippen LogP) is 4.74. The molecule has 1 heterocycles. The van der Waals surface area contributed by atoms with E-state index in [0.717, 1.165) is 16.7 Å². The third kappa shape index (κ3) is 4.26. The Morgan fingerprint density at radius 1 is 1.10 bits per heavy atom. The number of carboxylic acids is 1. The molecule has 1 unspecified atom stereocenters. The zero-order valence-electron chi connectivity index (χ0n) is 18.7. The Morgan fingerprint density at radius 3 is 2.32 bits per heavy atom. The molecule has 0 aliphatic heterocycles. The number of terminal acetylenes is 1. The summed E-state index contributed by atoms with van der Waals surface area (Å²) in [6, 6.07) is 11.2. The van der Waals surface area contributed by atoms with Crippen LogP contribution < -0.4 is 5.56 Å². The quantitative estimate of drug-likeness (QED) is 0.623. The third-order valence-corrected chi connectivity index (χ3v) is 5.35. The van der Waals surface area contributed by atoms with Gasteiger partial charge in [0, 0.05) is 23.6 Å². The standard InChI is InChI=1S/C26H27NO4/c1-8-17-10-12-19-20(14-17)24(28)27(7)22(23(25(29)30)31-26(4,5)6)21(19)18-11-9-15(2)16(3)13-18/h1,9-14,23H,2-7H3,(H,29,30). The highest BCUT2D eigenvalue weighted by molar-refractivity contribution is 5.99. The number of benzene rings is 2. The second kappa shape index (κ2) is 8.05. The largest absolute Gasteiger partial charge is 0.479 e. The van der Waals surface area contributed by atoms with Crippen LogP contribution in [0.5, 0.6) is 0 Å². The molecule has 0 bridgehead atoms. The lowest BCUT2D eigenvalue weighted by atomic mass is 9.92. The molecule has 1 atom stereocenters. The van der Waals surface area contributed by atoms with Gasteiger partial charge in [-0.3, -0.25) is 4.79 Å². The molecule has 0 saturated heterocycles. The highest BCUT2D eigenvalue weighted by Gasteiger charge is 2.33. The van der Waals surface area contributed by atoms with Crippen molar-refractivity contribution in [3.63, 3.8) is 0 Å². The molecule has 0 aliphatic carbocycles. The Labute approximate surface area is 182 Å². The van der Waals surface area contributed by atoms with Crippen molar-refractivity contribution in [2.45, 2.75) is 46.3 Å². The van der Waals surface area contributed by atoms with Crippen LogP contribution >= 0.6 is 0 Å². The molecule has 0 amide bonds. The SMILES string of the molecule is C#Cc1ccc2c(-c3ccc(C)c(C)c3)c(C(OC(C)(C)C)C(=O)O)n(C)c(=O)c2c1. The monoisotopic (exact) mass is 417 g/mol. The van der Waals surface area contributed by atoms with Gasteiger partial charge in [0.25, 0.3) is 5.56 Å². The minimum Gasteiger partial charge on any atom is -0.479 e. The van der Waals surface area contributed by atoms with Gasteiger partial charge in [-0.15, -0.1) is 6.42 Å². The Morgan fingerprint density at radius 2 is 1.77 bits per heavy atom. The van der Waals surface area contributed by atoms with E-state index in [-0.39, 0.29) is 5.56 Å². The molecule has 1 aromatic heterocycles. The Bertz CT molecular complexity index is 1290. The summed E-state index contributed by atoms with van der Waals surface area (Å²) in [5, 5.41) is 11.1. The molecule has 1 N–H and O–H groups in total. The van der Waals surface area contributed by atoms with Gasteiger partial charge in [-0.2, -0.15) is 0 Å². The van der Waals surface area contributed by atoms with Gasteiger partial charge in [0.15, 0.2) is 6.10 Å². The van der Waals surface area contributed by atoms with E-state index in [4.69, 9.17) is 11.2 Å². The van der Waals surface area contributed by atoms with Gasteiger partial charge in [0.1, 0.15) is 0 Å². The van der Waals surface area contributed by atoms with Crippen LogP contribution in [-0.4, -0.2) is 21.2 Å². The average molecular weight is 418 g/mol. The van der Waals surface area contributed by atoms with Crippen molar-refractivity contribution in [2.24, 2.45) is 7.05 Å². The van der Waals surface area contributed by atoms with Crippen molar-refractivity contribution < 1.29 is 14.6 Å². The molecular formula is C26H27NO4. The van der Waals surface area contributed by atoms with Gasteiger partial charge in [-0.05, 0) is 68.8 Å². The lowest BCUT2D eigenvalue weighted by Crippen LogP contribution is -2.33. The first-order chi connectivity index (χ1) is 14.4. The normalized spacial score (nSPS) is 12.5. The number of ether oxygens (including phenoxy) is 1. The smallest absolute Gasteiger partial charge is 0.339 e. The number of carbonyl (C=O) groups is 1. The molecule has 5 nitrogen and oxygen atoms in total. The maximum absolute atomic E-state index is 13.3. The van der Waals surface area contributed by atoms with Crippen LogP contribution in [0.3, 0.4) is 0 Å². The van der Waals surface area contributed by atoms with Gasteiger partial charge in [0.05, 0.1) is 11.3 Å². The molecule has 2 aromatic carbocycles. The molecule has 0 radical (unpaired) electrons. The number of aryl methyl sites for hydroxylation is 2. The number of aliphatic carboxylic acids is 1. The number of aromatic nitrogens is 1. The summed E-state index contributed by atoms with van der Waals surface area (Å²) in [5.74, 6) is 1.40. The molecule has 0 aliphatic rings. The van der Waals surface area contributed by atoms with Crippen LogP contribution in [0.15, 0.2) is 41.2 Å². The Kier molecular flexibility index (Phi) is 5.80. The minimum absolute atomic E-state index is 0.302. The lowest BCUT2D eigenvalue weighted by Gasteiger charge is -2.28. The summed E-state index contributed by atoms with van der Waals surface area (Å²) in [5.41, 5.74) is 3.49. The van der Waals surface area contributed by atoms with Crippen molar-refractivity contribution in [2.75, 3.05) is 0 Å². The first-order valence-electron chi connectivity index (χ1n) is 10.1. The second-order valence-electron chi connectivity index (χ2n) is 8.78. The van der Waals surface area contributed by atoms with Crippen LogP contribution in [0, 0.1) is 26.2 Å². The maximum Gasteiger partial charge on any atom is 0.339 e. The first kappa shape index (κ1) is 22.3. The zero-order chi connectivity index (χ0) is 23.1. The molecule has 3 rings (SSSR count). The van der Waals surface area contributed by atoms with Gasteiger partial charge >= 0.3 is 5.97 Å². The van der Waals surface area contributed by atoms with Crippen molar-refractivity contribution in [3.05, 3.63) is 69.1 Å². The summed E-state index contributed by atoms with van der Waals surface area (Å²) in [4.78, 5) is 25.6. The van der Waals surface area contributed by atoms with Crippen molar-refractivity contribution in [1.82, 2.24) is 4.57 Å². The summed E-state index contributed by atoms with van der Waals surface area (Å²) < 4.78 is 7.31. The van der Waals surface area contributed by atoms with E-state index < -0.39 is 17.7 Å². The number of hydrogen-bond donors (Lipinski definition) is 1. The fraction of sp³-hybridized carbons (Fsp3) is 0.308. The number of rotatable bonds is 4. The number of pyridine rings is 1. The molecule has 31 heavy (non-hydrogen) atoms. The number of nitrogens with zero attached hydrogens (tertiary/aromatic N) is 1. The van der Waals surface area contributed by atoms with Crippen LogP contribution in [-0.2, 0) is 16.6 Å². The predicted molar refractivity (Wildman–Crippen MR) is 123 cm³/mol. The van der Waals surface area contributed by atoms with Gasteiger partial charge in [0.2, 0.25) is 0 Å². The van der Waals surface area contributed by atoms with E-state index >= 15 is 0 Å². The van der Waals surface area contributed by atoms with Crippen LogP contribution in [0.4, 0.5) is 0 Å². The molecular weight excluding hydrogens is 390 g/mol. The van der Waals surface area contributed by atoms with Gasteiger partial charge in [-0.1, -0.05) is 30.2 Å². The second-order valence-corrected chi connectivity index (χ2v) is 8.78. The fourth-order valence-corrected chi connectivity index (χ4v) is 3.71. The van der Waals surface area contributed by atoms with Crippen molar-refractivity contribution >= 4 is 16.7 Å². The fourth-order valence-electron chi connectivity index (χ4n) is 3.71. The number of hydrogen-bond acceptors (Lipinski definition) is 3. The summed E-state index contributed by atoms with van der Waals surface area (Å²) >= 11 is 0. The van der Waals surface area contributed by atoms with E-state index in [1.807, 2.05) is 32.0 Å². The molecule has 0 spiro atoms. The molecule has 160 valence electrons. The van der Waals surface area contributed by atoms with E-state index in [9.17, 15) is 14.7 Å². The highest BCUT2D eigenvalue weighted by atomic mass is 16.5. The van der Waals surface area contributed by atoms with E-state index in [0.29, 0.717) is 27.6 Å². The van der Waals surface area contributed by atoms with Crippen molar-refractivity contribution in [3.8, 4) is 23.5 Å². The van der Waals surface area contributed by atoms with E-state index in [1.54, 1.807) is 46.0 Å². The minimum atomic E-state index is -1.33.